The monoisotopic (exact) mass is 296 g/mol. The van der Waals surface area contributed by atoms with Crippen LogP contribution < -0.4 is 0 Å². The average Bonchev–Trinajstić information content (AvgIpc) is 2.84. The second-order valence-corrected chi connectivity index (χ2v) is 6.76. The van der Waals surface area contributed by atoms with Crippen LogP contribution in [0.25, 0.3) is 0 Å². The van der Waals surface area contributed by atoms with Crippen molar-refractivity contribution in [3.63, 3.8) is 0 Å². The van der Waals surface area contributed by atoms with Gasteiger partial charge in [-0.2, -0.15) is 0 Å². The van der Waals surface area contributed by atoms with E-state index in [-0.39, 0.29) is 17.9 Å². The molecule has 2 atom stereocenters. The number of amides is 1. The van der Waals surface area contributed by atoms with E-state index in [1.807, 2.05) is 18.7 Å². The fourth-order valence-corrected chi connectivity index (χ4v) is 3.38. The van der Waals surface area contributed by atoms with E-state index in [9.17, 15) is 9.90 Å². The fourth-order valence-electron chi connectivity index (χ4n) is 2.73. The molecule has 0 radical (unpaired) electrons. The molecule has 112 valence electrons. The van der Waals surface area contributed by atoms with Crippen LogP contribution in [-0.2, 0) is 11.2 Å². The van der Waals surface area contributed by atoms with Gasteiger partial charge < -0.3 is 10.0 Å². The highest BCUT2D eigenvalue weighted by atomic mass is 32.1. The second-order valence-electron chi connectivity index (χ2n) is 5.69. The summed E-state index contributed by atoms with van der Waals surface area (Å²) in [5, 5.41) is 12.8. The number of hydrogen-bond acceptors (Lipinski definition) is 4. The number of likely N-dealkylation sites (tertiary alicyclic amines) is 1. The van der Waals surface area contributed by atoms with Crippen molar-refractivity contribution in [2.24, 2.45) is 5.92 Å². The lowest BCUT2D eigenvalue weighted by molar-refractivity contribution is -0.133. The van der Waals surface area contributed by atoms with Gasteiger partial charge in [0.2, 0.25) is 5.91 Å². The van der Waals surface area contributed by atoms with Crippen molar-refractivity contribution < 1.29 is 9.90 Å². The van der Waals surface area contributed by atoms with Crippen LogP contribution in [0.3, 0.4) is 0 Å². The number of carbonyl (C=O) groups is 1. The SMILES string of the molecule is Cc1nc(CCCC(=O)N2CCCC(C(C)O)C2)cs1. The summed E-state index contributed by atoms with van der Waals surface area (Å²) in [6, 6.07) is 0. The Labute approximate surface area is 124 Å². The molecule has 4 nitrogen and oxygen atoms in total. The van der Waals surface area contributed by atoms with E-state index in [0.29, 0.717) is 13.0 Å². The molecule has 0 aromatic carbocycles. The molecule has 0 bridgehead atoms. The number of aromatic nitrogens is 1. The molecule has 0 saturated carbocycles. The number of rotatable bonds is 5. The summed E-state index contributed by atoms with van der Waals surface area (Å²) in [5.41, 5.74) is 1.10. The van der Waals surface area contributed by atoms with E-state index in [0.717, 1.165) is 42.9 Å². The summed E-state index contributed by atoms with van der Waals surface area (Å²) in [6.07, 6.45) is 4.04. The van der Waals surface area contributed by atoms with E-state index >= 15 is 0 Å². The third-order valence-corrected chi connectivity index (χ3v) is 4.81. The Hall–Kier alpha value is -0.940. The van der Waals surface area contributed by atoms with Gasteiger partial charge in [0.15, 0.2) is 0 Å². The first-order valence-electron chi connectivity index (χ1n) is 7.43. The number of piperidine rings is 1. The van der Waals surface area contributed by atoms with Crippen molar-refractivity contribution >= 4 is 17.2 Å². The zero-order chi connectivity index (χ0) is 14.5. The van der Waals surface area contributed by atoms with Gasteiger partial charge in [-0.3, -0.25) is 4.79 Å². The first-order valence-corrected chi connectivity index (χ1v) is 8.31. The molecule has 1 aliphatic rings. The Morgan fingerprint density at radius 3 is 3.10 bits per heavy atom. The summed E-state index contributed by atoms with van der Waals surface area (Å²) in [7, 11) is 0. The number of thiazole rings is 1. The van der Waals surface area contributed by atoms with Gasteiger partial charge in [-0.15, -0.1) is 11.3 Å². The Morgan fingerprint density at radius 2 is 2.45 bits per heavy atom. The molecule has 5 heteroatoms. The molecule has 1 fully saturated rings. The Bertz CT molecular complexity index is 445. The highest BCUT2D eigenvalue weighted by Gasteiger charge is 2.25. The minimum absolute atomic E-state index is 0.224. The molecule has 1 saturated heterocycles. The number of carbonyl (C=O) groups excluding carboxylic acids is 1. The Balaban J connectivity index is 1.74. The van der Waals surface area contributed by atoms with Gasteiger partial charge in [-0.25, -0.2) is 4.98 Å². The van der Waals surface area contributed by atoms with Crippen LogP contribution in [0.15, 0.2) is 5.38 Å². The van der Waals surface area contributed by atoms with Gasteiger partial charge in [0, 0.05) is 30.8 Å². The minimum Gasteiger partial charge on any atom is -0.393 e. The predicted octanol–water partition coefficient (Wildman–Crippen LogP) is 2.39. The molecule has 1 aromatic heterocycles. The van der Waals surface area contributed by atoms with Gasteiger partial charge >= 0.3 is 0 Å². The van der Waals surface area contributed by atoms with Gasteiger partial charge in [0.25, 0.3) is 0 Å². The number of aliphatic hydroxyl groups excluding tert-OH is 1. The summed E-state index contributed by atoms with van der Waals surface area (Å²) in [5.74, 6) is 0.469. The molecule has 0 spiro atoms. The smallest absolute Gasteiger partial charge is 0.222 e. The second kappa shape index (κ2) is 7.18. The number of hydrogen-bond donors (Lipinski definition) is 1. The third-order valence-electron chi connectivity index (χ3n) is 3.98. The topological polar surface area (TPSA) is 53.4 Å². The zero-order valence-corrected chi connectivity index (χ0v) is 13.2. The summed E-state index contributed by atoms with van der Waals surface area (Å²) in [4.78, 5) is 18.5. The molecule has 20 heavy (non-hydrogen) atoms. The van der Waals surface area contributed by atoms with Crippen molar-refractivity contribution in [2.75, 3.05) is 13.1 Å². The zero-order valence-electron chi connectivity index (χ0n) is 12.3. The van der Waals surface area contributed by atoms with Crippen molar-refractivity contribution in [3.8, 4) is 0 Å². The molecule has 1 aliphatic heterocycles. The molecule has 2 rings (SSSR count). The van der Waals surface area contributed by atoms with Gasteiger partial charge in [0.05, 0.1) is 16.8 Å². The molecule has 2 heterocycles. The van der Waals surface area contributed by atoms with Crippen LogP contribution in [0.5, 0.6) is 0 Å². The van der Waals surface area contributed by atoms with Crippen LogP contribution in [0.2, 0.25) is 0 Å². The van der Waals surface area contributed by atoms with E-state index in [2.05, 4.69) is 10.4 Å². The lowest BCUT2D eigenvalue weighted by Gasteiger charge is -2.34. The first-order chi connectivity index (χ1) is 9.56. The quantitative estimate of drug-likeness (QED) is 0.907. The minimum atomic E-state index is -0.316. The fraction of sp³-hybridized carbons (Fsp3) is 0.733. The normalized spacial score (nSPS) is 20.9. The van der Waals surface area contributed by atoms with E-state index in [1.54, 1.807) is 11.3 Å². The molecule has 1 N–H and O–H groups in total. The van der Waals surface area contributed by atoms with Gasteiger partial charge in [-0.1, -0.05) is 0 Å². The lowest BCUT2D eigenvalue weighted by atomic mass is 9.93. The molecular weight excluding hydrogens is 272 g/mol. The average molecular weight is 296 g/mol. The lowest BCUT2D eigenvalue weighted by Crippen LogP contribution is -2.42. The highest BCUT2D eigenvalue weighted by molar-refractivity contribution is 7.09. The maximum atomic E-state index is 12.2. The summed E-state index contributed by atoms with van der Waals surface area (Å²) >= 11 is 1.66. The molecule has 1 aromatic rings. The summed E-state index contributed by atoms with van der Waals surface area (Å²) < 4.78 is 0. The van der Waals surface area contributed by atoms with Crippen molar-refractivity contribution in [1.82, 2.24) is 9.88 Å². The molecule has 2 unspecified atom stereocenters. The van der Waals surface area contributed by atoms with Crippen molar-refractivity contribution in [1.29, 1.82) is 0 Å². The number of aryl methyl sites for hydroxylation is 2. The standard InChI is InChI=1S/C15H24N2O2S/c1-11(18)13-5-4-8-17(9-13)15(19)7-3-6-14-10-20-12(2)16-14/h10-11,13,18H,3-9H2,1-2H3. The van der Waals surface area contributed by atoms with Crippen LogP contribution in [0.4, 0.5) is 0 Å². The maximum Gasteiger partial charge on any atom is 0.222 e. The van der Waals surface area contributed by atoms with E-state index < -0.39 is 0 Å². The first kappa shape index (κ1) is 15.4. The van der Waals surface area contributed by atoms with Crippen LogP contribution in [0.1, 0.15) is 43.3 Å². The number of nitrogens with zero attached hydrogens (tertiary/aromatic N) is 2. The van der Waals surface area contributed by atoms with Gasteiger partial charge in [0.1, 0.15) is 0 Å². The van der Waals surface area contributed by atoms with E-state index in [4.69, 9.17) is 0 Å². The maximum absolute atomic E-state index is 12.2. The molecular formula is C15H24N2O2S. The van der Waals surface area contributed by atoms with Crippen molar-refractivity contribution in [2.45, 2.75) is 52.1 Å². The number of aliphatic hydroxyl groups is 1. The third kappa shape index (κ3) is 4.28. The van der Waals surface area contributed by atoms with Crippen LogP contribution in [0, 0.1) is 12.8 Å². The Kier molecular flexibility index (Phi) is 5.54. The van der Waals surface area contributed by atoms with Crippen molar-refractivity contribution in [3.05, 3.63) is 16.1 Å². The largest absolute Gasteiger partial charge is 0.393 e. The van der Waals surface area contributed by atoms with Crippen LogP contribution >= 0.6 is 11.3 Å². The highest BCUT2D eigenvalue weighted by Crippen LogP contribution is 2.20. The summed E-state index contributed by atoms with van der Waals surface area (Å²) in [6.45, 7) is 5.39. The Morgan fingerprint density at radius 1 is 1.65 bits per heavy atom. The molecule has 0 aliphatic carbocycles. The molecule has 1 amide bonds. The van der Waals surface area contributed by atoms with Gasteiger partial charge in [-0.05, 0) is 39.5 Å². The van der Waals surface area contributed by atoms with Crippen LogP contribution in [-0.4, -0.2) is 40.1 Å². The van der Waals surface area contributed by atoms with E-state index in [1.165, 1.54) is 0 Å². The predicted molar refractivity (Wildman–Crippen MR) is 80.8 cm³/mol.